The largest absolute Gasteiger partial charge is 0.465 e. The van der Waals surface area contributed by atoms with Gasteiger partial charge in [-0.25, -0.2) is 9.59 Å². The fourth-order valence-electron chi connectivity index (χ4n) is 2.76. The SMILES string of the molecule is COC(=O)C1=C(C(=O)OC)N(c2cccc3c(=O)[nH][nH]c(=O)c23)C=CC=C1. The second-order valence-electron chi connectivity index (χ2n) is 5.42. The minimum atomic E-state index is -0.815. The Morgan fingerprint density at radius 2 is 1.67 bits per heavy atom. The van der Waals surface area contributed by atoms with E-state index in [-0.39, 0.29) is 27.7 Å². The Labute approximate surface area is 152 Å². The molecule has 0 amide bonds. The summed E-state index contributed by atoms with van der Waals surface area (Å²) in [5.41, 5.74) is -1.05. The molecule has 2 heterocycles. The van der Waals surface area contributed by atoms with Gasteiger partial charge in [-0.2, -0.15) is 0 Å². The van der Waals surface area contributed by atoms with E-state index in [2.05, 4.69) is 10.2 Å². The van der Waals surface area contributed by atoms with E-state index in [1.165, 1.54) is 43.5 Å². The standard InChI is InChI=1S/C18H15N3O6/c1-26-17(24)11-6-3-4-9-21(14(11)18(25)27-2)12-8-5-7-10-13(12)16(23)20-19-15(10)22/h3-9H,1-2H3,(H,19,22)(H,20,23). The number of aromatic amines is 2. The molecule has 2 aromatic rings. The van der Waals surface area contributed by atoms with E-state index in [4.69, 9.17) is 9.47 Å². The summed E-state index contributed by atoms with van der Waals surface area (Å²) in [6, 6.07) is 4.59. The van der Waals surface area contributed by atoms with E-state index >= 15 is 0 Å². The molecule has 0 bridgehead atoms. The van der Waals surface area contributed by atoms with E-state index in [1.807, 2.05) is 0 Å². The number of benzene rings is 1. The normalized spacial score (nSPS) is 13.6. The highest BCUT2D eigenvalue weighted by atomic mass is 16.5. The lowest BCUT2D eigenvalue weighted by Crippen LogP contribution is -2.29. The summed E-state index contributed by atoms with van der Waals surface area (Å²) in [4.78, 5) is 50.4. The van der Waals surface area contributed by atoms with Crippen LogP contribution in [0.1, 0.15) is 0 Å². The third kappa shape index (κ3) is 3.06. The molecule has 9 nitrogen and oxygen atoms in total. The lowest BCUT2D eigenvalue weighted by molar-refractivity contribution is -0.139. The van der Waals surface area contributed by atoms with Gasteiger partial charge >= 0.3 is 11.9 Å². The number of fused-ring (bicyclic) bond motifs is 1. The molecule has 9 heteroatoms. The van der Waals surface area contributed by atoms with E-state index in [1.54, 1.807) is 18.2 Å². The molecule has 0 saturated carbocycles. The van der Waals surface area contributed by atoms with E-state index in [0.29, 0.717) is 0 Å². The average molecular weight is 369 g/mol. The van der Waals surface area contributed by atoms with Gasteiger partial charge in [-0.15, -0.1) is 0 Å². The van der Waals surface area contributed by atoms with E-state index in [9.17, 15) is 19.2 Å². The maximum atomic E-state index is 12.5. The van der Waals surface area contributed by atoms with Crippen LogP contribution in [-0.2, 0) is 19.1 Å². The summed E-state index contributed by atoms with van der Waals surface area (Å²) in [5, 5.41) is 4.69. The third-order valence-electron chi connectivity index (χ3n) is 3.95. The zero-order chi connectivity index (χ0) is 19.6. The Kier molecular flexibility index (Phi) is 4.75. The van der Waals surface area contributed by atoms with Gasteiger partial charge < -0.3 is 14.4 Å². The molecule has 0 atom stereocenters. The number of aromatic nitrogens is 2. The number of H-pyrrole nitrogens is 2. The number of rotatable bonds is 3. The zero-order valence-corrected chi connectivity index (χ0v) is 14.4. The van der Waals surface area contributed by atoms with Crippen LogP contribution in [0.5, 0.6) is 0 Å². The summed E-state index contributed by atoms with van der Waals surface area (Å²) in [6.07, 6.45) is 5.99. The number of hydrogen-bond donors (Lipinski definition) is 2. The summed E-state index contributed by atoms with van der Waals surface area (Å²) in [5.74, 6) is -1.57. The van der Waals surface area contributed by atoms with Crippen molar-refractivity contribution in [1.82, 2.24) is 10.2 Å². The van der Waals surface area contributed by atoms with Crippen molar-refractivity contribution in [3.63, 3.8) is 0 Å². The topological polar surface area (TPSA) is 122 Å². The molecule has 0 radical (unpaired) electrons. The number of ether oxygens (including phenoxy) is 2. The molecule has 3 rings (SSSR count). The van der Waals surface area contributed by atoms with Crippen molar-refractivity contribution in [1.29, 1.82) is 0 Å². The van der Waals surface area contributed by atoms with Gasteiger partial charge in [0.2, 0.25) is 0 Å². The highest BCUT2D eigenvalue weighted by Gasteiger charge is 2.28. The molecular weight excluding hydrogens is 354 g/mol. The number of nitrogens with zero attached hydrogens (tertiary/aromatic N) is 1. The van der Waals surface area contributed by atoms with Crippen molar-refractivity contribution in [2.45, 2.75) is 0 Å². The Balaban J connectivity index is 2.39. The lowest BCUT2D eigenvalue weighted by Gasteiger charge is -2.23. The summed E-state index contributed by atoms with van der Waals surface area (Å²) in [7, 11) is 2.35. The number of hydrogen-bond acceptors (Lipinski definition) is 7. The third-order valence-corrected chi connectivity index (χ3v) is 3.95. The van der Waals surface area contributed by atoms with Gasteiger partial charge in [0, 0.05) is 6.20 Å². The van der Waals surface area contributed by atoms with Crippen molar-refractivity contribution in [3.05, 3.63) is 74.6 Å². The first kappa shape index (κ1) is 17.9. The summed E-state index contributed by atoms with van der Waals surface area (Å²) < 4.78 is 9.57. The number of methoxy groups -OCH3 is 2. The van der Waals surface area contributed by atoms with Crippen molar-refractivity contribution in [3.8, 4) is 0 Å². The molecule has 0 saturated heterocycles. The smallest absolute Gasteiger partial charge is 0.355 e. The Hall–Kier alpha value is -3.88. The molecule has 1 aliphatic heterocycles. The van der Waals surface area contributed by atoms with Crippen molar-refractivity contribution in [2.24, 2.45) is 0 Å². The Bertz CT molecular complexity index is 1140. The van der Waals surface area contributed by atoms with Crippen LogP contribution in [0.15, 0.2) is 63.5 Å². The van der Waals surface area contributed by atoms with Gasteiger partial charge in [0.15, 0.2) is 0 Å². The molecule has 0 aliphatic carbocycles. The van der Waals surface area contributed by atoms with Crippen LogP contribution in [0.25, 0.3) is 10.8 Å². The first-order chi connectivity index (χ1) is 13.0. The van der Waals surface area contributed by atoms with Gasteiger partial charge in [-0.3, -0.25) is 19.8 Å². The molecule has 27 heavy (non-hydrogen) atoms. The number of carbonyl (C=O) groups is 2. The molecule has 138 valence electrons. The van der Waals surface area contributed by atoms with Crippen molar-refractivity contribution < 1.29 is 19.1 Å². The predicted octanol–water partition coefficient (Wildman–Crippen LogP) is 0.706. The second-order valence-corrected chi connectivity index (χ2v) is 5.42. The zero-order valence-electron chi connectivity index (χ0n) is 14.4. The number of nitrogens with one attached hydrogen (secondary N) is 2. The predicted molar refractivity (Wildman–Crippen MR) is 97.0 cm³/mol. The number of anilines is 1. The van der Waals surface area contributed by atoms with Crippen molar-refractivity contribution >= 4 is 28.4 Å². The van der Waals surface area contributed by atoms with Gasteiger partial charge in [-0.05, 0) is 24.3 Å². The van der Waals surface area contributed by atoms with E-state index < -0.39 is 23.1 Å². The minimum absolute atomic E-state index is 0.0541. The summed E-state index contributed by atoms with van der Waals surface area (Å²) in [6.45, 7) is 0. The number of allylic oxidation sites excluding steroid dienone is 2. The Morgan fingerprint density at radius 1 is 0.963 bits per heavy atom. The molecule has 0 spiro atoms. The van der Waals surface area contributed by atoms with Gasteiger partial charge in [0.25, 0.3) is 11.1 Å². The Morgan fingerprint density at radius 3 is 2.37 bits per heavy atom. The van der Waals surface area contributed by atoms with Crippen LogP contribution < -0.4 is 16.0 Å². The first-order valence-electron chi connectivity index (χ1n) is 7.78. The van der Waals surface area contributed by atoms with Crippen LogP contribution in [0.4, 0.5) is 5.69 Å². The minimum Gasteiger partial charge on any atom is -0.465 e. The van der Waals surface area contributed by atoms with Gasteiger partial charge in [0.05, 0.1) is 36.3 Å². The second kappa shape index (κ2) is 7.16. The fourth-order valence-corrected chi connectivity index (χ4v) is 2.76. The van der Waals surface area contributed by atoms with Gasteiger partial charge in [0.1, 0.15) is 5.70 Å². The number of carbonyl (C=O) groups excluding carboxylic acids is 2. The summed E-state index contributed by atoms with van der Waals surface area (Å²) >= 11 is 0. The molecule has 1 aromatic carbocycles. The number of esters is 2. The molecule has 0 unspecified atom stereocenters. The quantitative estimate of drug-likeness (QED) is 0.764. The van der Waals surface area contributed by atoms with Crippen LogP contribution >= 0.6 is 0 Å². The lowest BCUT2D eigenvalue weighted by atomic mass is 10.1. The van der Waals surface area contributed by atoms with Crippen molar-refractivity contribution in [2.75, 3.05) is 19.1 Å². The van der Waals surface area contributed by atoms with Gasteiger partial charge in [-0.1, -0.05) is 12.1 Å². The van der Waals surface area contributed by atoms with Crippen LogP contribution in [0.3, 0.4) is 0 Å². The molecular formula is C18H15N3O6. The maximum Gasteiger partial charge on any atom is 0.355 e. The first-order valence-corrected chi connectivity index (χ1v) is 7.78. The monoisotopic (exact) mass is 369 g/mol. The molecule has 0 fully saturated rings. The molecule has 1 aromatic heterocycles. The van der Waals surface area contributed by atoms with Crippen LogP contribution in [0, 0.1) is 0 Å². The maximum absolute atomic E-state index is 12.5. The molecule has 1 aliphatic rings. The highest BCUT2D eigenvalue weighted by molar-refractivity contribution is 6.07. The highest BCUT2D eigenvalue weighted by Crippen LogP contribution is 2.29. The van der Waals surface area contributed by atoms with E-state index in [0.717, 1.165) is 0 Å². The fraction of sp³-hybridized carbons (Fsp3) is 0.111. The average Bonchev–Trinajstić information content (AvgIpc) is 2.92. The van der Waals surface area contributed by atoms with Crippen LogP contribution in [0.2, 0.25) is 0 Å². The van der Waals surface area contributed by atoms with Crippen LogP contribution in [-0.4, -0.2) is 36.4 Å². The molecule has 2 N–H and O–H groups in total.